The lowest BCUT2D eigenvalue weighted by Gasteiger charge is -2.09. The molecule has 0 nitrogen and oxygen atoms in total. The molecule has 0 bridgehead atoms. The maximum Gasteiger partial charge on any atom is 0.123 e. The molecule has 1 heteroatoms. The molecule has 0 aliphatic heterocycles. The molecule has 0 amide bonds. The molecule has 0 N–H and O–H groups in total. The van der Waals surface area contributed by atoms with Gasteiger partial charge in [0.25, 0.3) is 0 Å². The summed E-state index contributed by atoms with van der Waals surface area (Å²) >= 11 is 0. The Morgan fingerprint density at radius 3 is 2.39 bits per heavy atom. The van der Waals surface area contributed by atoms with Gasteiger partial charge in [-0.05, 0) is 46.5 Å². The first-order chi connectivity index (χ1) is 8.75. The zero-order valence-electron chi connectivity index (χ0n) is 10.2. The van der Waals surface area contributed by atoms with Crippen molar-refractivity contribution in [2.24, 2.45) is 0 Å². The number of halogens is 1. The summed E-state index contributed by atoms with van der Waals surface area (Å²) in [7, 11) is 0. The Labute approximate surface area is 106 Å². The van der Waals surface area contributed by atoms with E-state index in [4.69, 9.17) is 0 Å². The Hall–Kier alpha value is -2.15. The molecule has 0 atom stereocenters. The number of fused-ring (bicyclic) bond motifs is 1. The largest absolute Gasteiger partial charge is 0.207 e. The molecule has 18 heavy (non-hydrogen) atoms. The minimum Gasteiger partial charge on any atom is -0.207 e. The quantitative estimate of drug-likeness (QED) is 0.560. The molecule has 3 aromatic carbocycles. The van der Waals surface area contributed by atoms with Crippen molar-refractivity contribution in [2.75, 3.05) is 0 Å². The summed E-state index contributed by atoms with van der Waals surface area (Å²) in [5, 5.41) is 2.41. The summed E-state index contributed by atoms with van der Waals surface area (Å²) in [4.78, 5) is 0. The van der Waals surface area contributed by atoms with Crippen LogP contribution in [0.4, 0.5) is 4.39 Å². The van der Waals surface area contributed by atoms with Crippen LogP contribution >= 0.6 is 0 Å². The molecule has 0 fully saturated rings. The Kier molecular flexibility index (Phi) is 2.60. The van der Waals surface area contributed by atoms with E-state index in [1.165, 1.54) is 16.8 Å². The van der Waals surface area contributed by atoms with E-state index >= 15 is 0 Å². The van der Waals surface area contributed by atoms with Gasteiger partial charge in [0.2, 0.25) is 0 Å². The van der Waals surface area contributed by atoms with Crippen molar-refractivity contribution in [1.29, 1.82) is 0 Å². The predicted octanol–water partition coefficient (Wildman–Crippen LogP) is 4.95. The second kappa shape index (κ2) is 4.26. The van der Waals surface area contributed by atoms with E-state index < -0.39 is 0 Å². The lowest BCUT2D eigenvalue weighted by atomic mass is 9.95. The molecule has 0 heterocycles. The second-order valence-electron chi connectivity index (χ2n) is 4.49. The fourth-order valence-corrected chi connectivity index (χ4v) is 2.39. The van der Waals surface area contributed by atoms with Gasteiger partial charge in [0.05, 0.1) is 0 Å². The van der Waals surface area contributed by atoms with Crippen LogP contribution in [0, 0.1) is 12.7 Å². The predicted molar refractivity (Wildman–Crippen MR) is 74.1 cm³/mol. The Morgan fingerprint density at radius 1 is 0.778 bits per heavy atom. The highest BCUT2D eigenvalue weighted by molar-refractivity contribution is 5.97. The van der Waals surface area contributed by atoms with Crippen molar-refractivity contribution in [2.45, 2.75) is 6.92 Å². The minimum atomic E-state index is -0.184. The van der Waals surface area contributed by atoms with Crippen LogP contribution in [0.2, 0.25) is 0 Å². The number of hydrogen-bond donors (Lipinski definition) is 0. The zero-order chi connectivity index (χ0) is 12.5. The van der Waals surface area contributed by atoms with Crippen LogP contribution < -0.4 is 0 Å². The highest BCUT2D eigenvalue weighted by Crippen LogP contribution is 2.30. The van der Waals surface area contributed by atoms with Gasteiger partial charge in [0, 0.05) is 0 Å². The summed E-state index contributed by atoms with van der Waals surface area (Å²) in [5.74, 6) is -0.184. The van der Waals surface area contributed by atoms with E-state index in [0.717, 1.165) is 16.7 Å². The van der Waals surface area contributed by atoms with Gasteiger partial charge in [-0.2, -0.15) is 0 Å². The Balaban J connectivity index is 2.31. The van der Waals surface area contributed by atoms with Crippen LogP contribution in [0.25, 0.3) is 21.9 Å². The molecule has 0 aliphatic rings. The van der Waals surface area contributed by atoms with Crippen molar-refractivity contribution in [3.63, 3.8) is 0 Å². The average Bonchev–Trinajstić information content (AvgIpc) is 2.38. The minimum absolute atomic E-state index is 0.184. The van der Waals surface area contributed by atoms with Gasteiger partial charge in [0.15, 0.2) is 0 Å². The molecule has 3 rings (SSSR count). The maximum atomic E-state index is 13.2. The van der Waals surface area contributed by atoms with Crippen molar-refractivity contribution in [3.8, 4) is 11.1 Å². The van der Waals surface area contributed by atoms with E-state index in [9.17, 15) is 4.39 Å². The number of aryl methyl sites for hydroxylation is 1. The first kappa shape index (κ1) is 11.0. The third-order valence-corrected chi connectivity index (χ3v) is 3.27. The third kappa shape index (κ3) is 1.78. The smallest absolute Gasteiger partial charge is 0.123 e. The van der Waals surface area contributed by atoms with E-state index in [2.05, 4.69) is 24.3 Å². The monoisotopic (exact) mass is 236 g/mol. The lowest BCUT2D eigenvalue weighted by molar-refractivity contribution is 0.627. The van der Waals surface area contributed by atoms with Gasteiger partial charge >= 0.3 is 0 Å². The van der Waals surface area contributed by atoms with Gasteiger partial charge in [0.1, 0.15) is 5.82 Å². The Bertz CT molecular complexity index is 708. The SMILES string of the molecule is Cc1cc(F)ccc1-c1cccc2ccccc12. The fourth-order valence-electron chi connectivity index (χ4n) is 2.39. The summed E-state index contributed by atoms with van der Waals surface area (Å²) in [6.07, 6.45) is 0. The zero-order valence-corrected chi connectivity index (χ0v) is 10.2. The first-order valence-electron chi connectivity index (χ1n) is 6.00. The molecular weight excluding hydrogens is 223 g/mol. The van der Waals surface area contributed by atoms with Crippen molar-refractivity contribution < 1.29 is 4.39 Å². The van der Waals surface area contributed by atoms with Crippen LogP contribution in [-0.2, 0) is 0 Å². The molecule has 0 radical (unpaired) electrons. The van der Waals surface area contributed by atoms with E-state index in [1.807, 2.05) is 31.2 Å². The number of hydrogen-bond acceptors (Lipinski definition) is 0. The fraction of sp³-hybridized carbons (Fsp3) is 0.0588. The molecule has 0 aromatic heterocycles. The topological polar surface area (TPSA) is 0 Å². The van der Waals surface area contributed by atoms with Crippen LogP contribution in [0.15, 0.2) is 60.7 Å². The average molecular weight is 236 g/mol. The molecular formula is C17H13F. The van der Waals surface area contributed by atoms with Crippen LogP contribution in [0.3, 0.4) is 0 Å². The lowest BCUT2D eigenvalue weighted by Crippen LogP contribution is -1.86. The van der Waals surface area contributed by atoms with Crippen LogP contribution in [-0.4, -0.2) is 0 Å². The van der Waals surface area contributed by atoms with Gasteiger partial charge in [-0.3, -0.25) is 0 Å². The third-order valence-electron chi connectivity index (χ3n) is 3.27. The van der Waals surface area contributed by atoms with Crippen LogP contribution in [0.1, 0.15) is 5.56 Å². The van der Waals surface area contributed by atoms with Crippen molar-refractivity contribution in [3.05, 3.63) is 72.0 Å². The van der Waals surface area contributed by atoms with Gasteiger partial charge in [-0.1, -0.05) is 48.5 Å². The molecule has 3 aromatic rings. The van der Waals surface area contributed by atoms with Crippen molar-refractivity contribution >= 4 is 10.8 Å². The molecule has 88 valence electrons. The molecule has 0 spiro atoms. The maximum absolute atomic E-state index is 13.2. The summed E-state index contributed by atoms with van der Waals surface area (Å²) in [5.41, 5.74) is 3.21. The Morgan fingerprint density at radius 2 is 1.56 bits per heavy atom. The summed E-state index contributed by atoms with van der Waals surface area (Å²) in [6.45, 7) is 1.94. The van der Waals surface area contributed by atoms with E-state index in [-0.39, 0.29) is 5.82 Å². The highest BCUT2D eigenvalue weighted by atomic mass is 19.1. The highest BCUT2D eigenvalue weighted by Gasteiger charge is 2.06. The number of benzene rings is 3. The summed E-state index contributed by atoms with van der Waals surface area (Å²) < 4.78 is 13.2. The standard InChI is InChI=1S/C17H13F/c1-12-11-14(18)9-10-15(12)17-8-4-6-13-5-2-3-7-16(13)17/h2-11H,1H3. The molecule has 0 unspecified atom stereocenters. The molecule has 0 aliphatic carbocycles. The van der Waals surface area contributed by atoms with Crippen molar-refractivity contribution in [1.82, 2.24) is 0 Å². The molecule has 0 saturated heterocycles. The second-order valence-corrected chi connectivity index (χ2v) is 4.49. The van der Waals surface area contributed by atoms with Gasteiger partial charge < -0.3 is 0 Å². The summed E-state index contributed by atoms with van der Waals surface area (Å²) in [6, 6.07) is 19.4. The van der Waals surface area contributed by atoms with Crippen LogP contribution in [0.5, 0.6) is 0 Å². The first-order valence-corrected chi connectivity index (χ1v) is 6.00. The molecule has 0 saturated carbocycles. The normalized spacial score (nSPS) is 10.8. The van der Waals surface area contributed by atoms with Gasteiger partial charge in [-0.25, -0.2) is 4.39 Å². The van der Waals surface area contributed by atoms with E-state index in [1.54, 1.807) is 6.07 Å². The van der Waals surface area contributed by atoms with E-state index in [0.29, 0.717) is 0 Å². The van der Waals surface area contributed by atoms with Gasteiger partial charge in [-0.15, -0.1) is 0 Å². The number of rotatable bonds is 1.